The van der Waals surface area contributed by atoms with Gasteiger partial charge in [-0.1, -0.05) is 46.7 Å². The fourth-order valence-electron chi connectivity index (χ4n) is 1.22. The summed E-state index contributed by atoms with van der Waals surface area (Å²) >= 11 is 0. The number of benzene rings is 1. The summed E-state index contributed by atoms with van der Waals surface area (Å²) in [7, 11) is 0. The standard InChI is InChI=1S/C14H16N2O2/c1-11(15-17)3-5-13-7-9-14(10-8-13)6-4-12(2)16-18/h3-10,17-18H,1-2H3/b5-3-,6-4+,15-11-,16-12-. The third kappa shape index (κ3) is 4.65. The van der Waals surface area contributed by atoms with Crippen molar-refractivity contribution in [1.82, 2.24) is 0 Å². The van der Waals surface area contributed by atoms with Gasteiger partial charge >= 0.3 is 0 Å². The molecule has 0 spiro atoms. The zero-order valence-electron chi connectivity index (χ0n) is 10.4. The largest absolute Gasteiger partial charge is 0.411 e. The number of oxime groups is 2. The Morgan fingerprint density at radius 3 is 1.44 bits per heavy atom. The molecule has 1 aromatic carbocycles. The lowest BCUT2D eigenvalue weighted by molar-refractivity contribution is 0.319. The maximum absolute atomic E-state index is 8.50. The molecule has 1 aromatic rings. The van der Waals surface area contributed by atoms with Gasteiger partial charge in [0.05, 0.1) is 11.4 Å². The summed E-state index contributed by atoms with van der Waals surface area (Å²) in [5.74, 6) is 0. The second kappa shape index (κ2) is 7.06. The highest BCUT2D eigenvalue weighted by atomic mass is 16.4. The molecule has 2 N–H and O–H groups in total. The lowest BCUT2D eigenvalue weighted by atomic mass is 10.1. The predicted molar refractivity (Wildman–Crippen MR) is 74.3 cm³/mol. The van der Waals surface area contributed by atoms with Crippen molar-refractivity contribution in [3.8, 4) is 0 Å². The summed E-state index contributed by atoms with van der Waals surface area (Å²) in [5, 5.41) is 23.1. The van der Waals surface area contributed by atoms with E-state index in [1.807, 2.05) is 36.4 Å². The second-order valence-corrected chi connectivity index (χ2v) is 3.82. The average molecular weight is 244 g/mol. The van der Waals surface area contributed by atoms with Crippen LogP contribution in [0.3, 0.4) is 0 Å². The lowest BCUT2D eigenvalue weighted by Gasteiger charge is -1.96. The maximum Gasteiger partial charge on any atom is 0.0765 e. The van der Waals surface area contributed by atoms with Crippen LogP contribution in [0, 0.1) is 0 Å². The first-order valence-corrected chi connectivity index (χ1v) is 5.49. The van der Waals surface area contributed by atoms with E-state index in [4.69, 9.17) is 10.4 Å². The molecule has 1 rings (SSSR count). The average Bonchev–Trinajstić information content (AvgIpc) is 2.43. The zero-order valence-corrected chi connectivity index (χ0v) is 10.4. The monoisotopic (exact) mass is 244 g/mol. The highest BCUT2D eigenvalue weighted by Crippen LogP contribution is 2.08. The van der Waals surface area contributed by atoms with E-state index < -0.39 is 0 Å². The van der Waals surface area contributed by atoms with Crippen LogP contribution >= 0.6 is 0 Å². The summed E-state index contributed by atoms with van der Waals surface area (Å²) in [6.07, 6.45) is 7.19. The van der Waals surface area contributed by atoms with E-state index in [9.17, 15) is 0 Å². The summed E-state index contributed by atoms with van der Waals surface area (Å²) in [4.78, 5) is 0. The van der Waals surface area contributed by atoms with Crippen LogP contribution in [0.25, 0.3) is 12.2 Å². The molecule has 0 radical (unpaired) electrons. The van der Waals surface area contributed by atoms with E-state index in [2.05, 4.69) is 10.3 Å². The van der Waals surface area contributed by atoms with Gasteiger partial charge in [-0.3, -0.25) is 0 Å². The molecular weight excluding hydrogens is 228 g/mol. The van der Waals surface area contributed by atoms with Gasteiger partial charge in [-0.2, -0.15) is 0 Å². The van der Waals surface area contributed by atoms with E-state index in [0.29, 0.717) is 11.4 Å². The summed E-state index contributed by atoms with van der Waals surface area (Å²) in [6.45, 7) is 3.43. The van der Waals surface area contributed by atoms with E-state index in [0.717, 1.165) is 11.1 Å². The zero-order chi connectivity index (χ0) is 13.4. The Morgan fingerprint density at radius 1 is 0.833 bits per heavy atom. The van der Waals surface area contributed by atoms with Gasteiger partial charge < -0.3 is 10.4 Å². The molecule has 0 aliphatic rings. The first-order valence-electron chi connectivity index (χ1n) is 5.49. The van der Waals surface area contributed by atoms with Crippen LogP contribution in [-0.2, 0) is 0 Å². The van der Waals surface area contributed by atoms with Crippen LogP contribution in [0.4, 0.5) is 0 Å². The van der Waals surface area contributed by atoms with Gasteiger partial charge in [0.2, 0.25) is 0 Å². The summed E-state index contributed by atoms with van der Waals surface area (Å²) in [5.41, 5.74) is 3.13. The SMILES string of the molecule is CC(/C=C\c1ccc(/C=C/C(C)=N\O)cc1)=N/O. The van der Waals surface area contributed by atoms with Gasteiger partial charge in [0, 0.05) is 0 Å². The number of nitrogens with zero attached hydrogens (tertiary/aromatic N) is 2. The molecule has 94 valence electrons. The first kappa shape index (κ1) is 13.7. The quantitative estimate of drug-likeness (QED) is 0.484. The van der Waals surface area contributed by atoms with Crippen molar-refractivity contribution < 1.29 is 10.4 Å². The van der Waals surface area contributed by atoms with Gasteiger partial charge in [-0.25, -0.2) is 0 Å². The molecular formula is C14H16N2O2. The Hall–Kier alpha value is -2.36. The summed E-state index contributed by atoms with van der Waals surface area (Å²) < 4.78 is 0. The molecule has 0 aliphatic heterocycles. The Kier molecular flexibility index (Phi) is 5.38. The molecule has 4 heteroatoms. The third-order valence-corrected chi connectivity index (χ3v) is 2.29. The third-order valence-electron chi connectivity index (χ3n) is 2.29. The normalized spacial score (nSPS) is 13.7. The predicted octanol–water partition coefficient (Wildman–Crippen LogP) is 3.41. The Labute approximate surface area is 106 Å². The molecule has 0 saturated carbocycles. The van der Waals surface area contributed by atoms with Crippen molar-refractivity contribution in [3.05, 3.63) is 47.5 Å². The van der Waals surface area contributed by atoms with Gasteiger partial charge in [0.15, 0.2) is 0 Å². The minimum Gasteiger partial charge on any atom is -0.411 e. The molecule has 0 atom stereocenters. The number of hydrogen-bond donors (Lipinski definition) is 2. The van der Waals surface area contributed by atoms with E-state index in [-0.39, 0.29) is 0 Å². The fourth-order valence-corrected chi connectivity index (χ4v) is 1.22. The fraction of sp³-hybridized carbons (Fsp3) is 0.143. The molecule has 0 aliphatic carbocycles. The topological polar surface area (TPSA) is 65.2 Å². The van der Waals surface area contributed by atoms with Gasteiger partial charge in [0.1, 0.15) is 0 Å². The van der Waals surface area contributed by atoms with Crippen LogP contribution in [-0.4, -0.2) is 21.8 Å². The van der Waals surface area contributed by atoms with Crippen LogP contribution < -0.4 is 0 Å². The van der Waals surface area contributed by atoms with Crippen LogP contribution in [0.2, 0.25) is 0 Å². The molecule has 0 saturated heterocycles. The van der Waals surface area contributed by atoms with Crippen LogP contribution in [0.5, 0.6) is 0 Å². The van der Waals surface area contributed by atoms with Crippen molar-refractivity contribution in [2.24, 2.45) is 10.3 Å². The first-order chi connectivity index (χ1) is 8.65. The smallest absolute Gasteiger partial charge is 0.0765 e. The molecule has 0 amide bonds. The van der Waals surface area contributed by atoms with Crippen molar-refractivity contribution in [2.45, 2.75) is 13.8 Å². The highest BCUT2D eigenvalue weighted by molar-refractivity contribution is 5.96. The van der Waals surface area contributed by atoms with Crippen molar-refractivity contribution in [1.29, 1.82) is 0 Å². The van der Waals surface area contributed by atoms with Gasteiger partial charge in [0.25, 0.3) is 0 Å². The Balaban J connectivity index is 2.75. The molecule has 18 heavy (non-hydrogen) atoms. The lowest BCUT2D eigenvalue weighted by Crippen LogP contribution is -1.84. The maximum atomic E-state index is 8.50. The molecule has 0 bridgehead atoms. The second-order valence-electron chi connectivity index (χ2n) is 3.82. The Bertz CT molecular complexity index is 450. The number of allylic oxidation sites excluding steroid dienone is 2. The van der Waals surface area contributed by atoms with Crippen molar-refractivity contribution in [3.63, 3.8) is 0 Å². The van der Waals surface area contributed by atoms with E-state index >= 15 is 0 Å². The van der Waals surface area contributed by atoms with E-state index in [1.54, 1.807) is 26.0 Å². The Morgan fingerprint density at radius 2 is 1.17 bits per heavy atom. The molecule has 0 heterocycles. The van der Waals surface area contributed by atoms with Gasteiger partial charge in [-0.05, 0) is 37.1 Å². The van der Waals surface area contributed by atoms with Gasteiger partial charge in [-0.15, -0.1) is 0 Å². The highest BCUT2D eigenvalue weighted by Gasteiger charge is 1.90. The minimum atomic E-state index is 0.550. The van der Waals surface area contributed by atoms with E-state index in [1.165, 1.54) is 0 Å². The van der Waals surface area contributed by atoms with Crippen molar-refractivity contribution in [2.75, 3.05) is 0 Å². The van der Waals surface area contributed by atoms with Crippen molar-refractivity contribution >= 4 is 23.6 Å². The molecule has 0 unspecified atom stereocenters. The van der Waals surface area contributed by atoms with Crippen LogP contribution in [0.15, 0.2) is 46.7 Å². The van der Waals surface area contributed by atoms with Crippen LogP contribution in [0.1, 0.15) is 25.0 Å². The molecule has 0 aromatic heterocycles. The number of rotatable bonds is 4. The number of hydrogen-bond acceptors (Lipinski definition) is 4. The minimum absolute atomic E-state index is 0.550. The molecule has 0 fully saturated rings. The molecule has 4 nitrogen and oxygen atoms in total. The summed E-state index contributed by atoms with van der Waals surface area (Å²) in [6, 6.07) is 7.80.